The normalized spacial score (nSPS) is 11.1. The molecule has 3 aromatic carbocycles. The second-order valence-corrected chi connectivity index (χ2v) is 5.13. The third kappa shape index (κ3) is 1.96. The summed E-state index contributed by atoms with van der Waals surface area (Å²) in [6, 6.07) is 23.3. The molecule has 4 aromatic rings. The Labute approximate surface area is 123 Å². The molecule has 1 heterocycles. The Morgan fingerprint density at radius 1 is 0.762 bits per heavy atom. The highest BCUT2D eigenvalue weighted by molar-refractivity contribution is 5.96. The highest BCUT2D eigenvalue weighted by atomic mass is 14.8. The summed E-state index contributed by atoms with van der Waals surface area (Å²) in [4.78, 5) is 9.64. The van der Waals surface area contributed by atoms with Crippen LogP contribution >= 0.6 is 0 Å². The van der Waals surface area contributed by atoms with E-state index in [0.717, 1.165) is 38.8 Å². The monoisotopic (exact) mass is 269 g/mol. The van der Waals surface area contributed by atoms with Gasteiger partial charge in [0.15, 0.2) is 0 Å². The minimum absolute atomic E-state index is 0.929. The fourth-order valence-corrected chi connectivity index (χ4v) is 2.66. The summed E-state index contributed by atoms with van der Waals surface area (Å²) < 4.78 is 0. The molecule has 4 rings (SSSR count). The molecule has 0 bridgehead atoms. The number of aryl methyl sites for hydroxylation is 1. The van der Waals surface area contributed by atoms with Crippen LogP contribution in [0, 0.1) is 13.0 Å². The lowest BCUT2D eigenvalue weighted by atomic mass is 10.0. The van der Waals surface area contributed by atoms with Gasteiger partial charge in [0.05, 0.1) is 22.1 Å². The van der Waals surface area contributed by atoms with Crippen molar-refractivity contribution in [3.8, 4) is 11.1 Å². The van der Waals surface area contributed by atoms with Crippen molar-refractivity contribution in [1.82, 2.24) is 9.97 Å². The van der Waals surface area contributed by atoms with E-state index in [1.165, 1.54) is 0 Å². The van der Waals surface area contributed by atoms with Crippen molar-refractivity contribution < 1.29 is 0 Å². The van der Waals surface area contributed by atoms with E-state index < -0.39 is 0 Å². The lowest BCUT2D eigenvalue weighted by Crippen LogP contribution is -1.92. The summed E-state index contributed by atoms with van der Waals surface area (Å²) in [5.41, 5.74) is 7.20. The maximum Gasteiger partial charge on any atom is 0.0972 e. The summed E-state index contributed by atoms with van der Waals surface area (Å²) in [7, 11) is 0. The van der Waals surface area contributed by atoms with Crippen molar-refractivity contribution in [1.29, 1.82) is 0 Å². The van der Waals surface area contributed by atoms with Crippen LogP contribution in [0.5, 0.6) is 0 Å². The van der Waals surface area contributed by atoms with Crippen LogP contribution in [0.3, 0.4) is 0 Å². The Morgan fingerprint density at radius 3 is 2.29 bits per heavy atom. The molecule has 21 heavy (non-hydrogen) atoms. The fraction of sp³-hybridized carbons (Fsp3) is 0.0526. The smallest absolute Gasteiger partial charge is 0.0972 e. The summed E-state index contributed by atoms with van der Waals surface area (Å²) >= 11 is 0. The Morgan fingerprint density at radius 2 is 1.48 bits per heavy atom. The zero-order chi connectivity index (χ0) is 14.2. The summed E-state index contributed by atoms with van der Waals surface area (Å²) in [5.74, 6) is 0. The van der Waals surface area contributed by atoms with E-state index in [1.807, 2.05) is 36.4 Å². The van der Waals surface area contributed by atoms with Gasteiger partial charge >= 0.3 is 0 Å². The van der Waals surface area contributed by atoms with Crippen molar-refractivity contribution >= 4 is 22.1 Å². The Hall–Kier alpha value is -2.74. The first kappa shape index (κ1) is 12.0. The first-order chi connectivity index (χ1) is 10.3. The van der Waals surface area contributed by atoms with Crippen molar-refractivity contribution in [2.45, 2.75) is 6.92 Å². The van der Waals surface area contributed by atoms with Gasteiger partial charge in [0.1, 0.15) is 0 Å². The summed E-state index contributed by atoms with van der Waals surface area (Å²) in [6.45, 7) is 2.07. The third-order valence-electron chi connectivity index (χ3n) is 3.72. The number of aromatic nitrogens is 2. The molecule has 1 radical (unpaired) electrons. The molecule has 0 saturated carbocycles. The molecule has 0 aliphatic heterocycles. The molecule has 0 amide bonds. The SMILES string of the molecule is Cc1cccc2nc3cccc(-c4cc[c]cc4)c3nc12. The number of rotatable bonds is 1. The zero-order valence-corrected chi connectivity index (χ0v) is 11.7. The standard InChI is InChI=1S/C19H13N2/c1-13-7-5-11-16-18(13)21-19-15(10-6-12-17(19)20-16)14-8-3-2-4-9-14/h3-12H,1H3. The fourth-order valence-electron chi connectivity index (χ4n) is 2.66. The molecular formula is C19H13N2. The van der Waals surface area contributed by atoms with E-state index in [4.69, 9.17) is 9.97 Å². The molecule has 2 nitrogen and oxygen atoms in total. The van der Waals surface area contributed by atoms with Gasteiger partial charge in [-0.15, -0.1) is 0 Å². The molecule has 2 heteroatoms. The Bertz CT molecular complexity index is 943. The Balaban J connectivity index is 2.11. The molecule has 0 aliphatic carbocycles. The predicted octanol–water partition coefficient (Wildman–Crippen LogP) is 4.56. The van der Waals surface area contributed by atoms with E-state index in [9.17, 15) is 0 Å². The number of nitrogens with zero attached hydrogens (tertiary/aromatic N) is 2. The van der Waals surface area contributed by atoms with Gasteiger partial charge in [-0.2, -0.15) is 0 Å². The highest BCUT2D eigenvalue weighted by Crippen LogP contribution is 2.28. The lowest BCUT2D eigenvalue weighted by Gasteiger charge is -2.08. The lowest BCUT2D eigenvalue weighted by molar-refractivity contribution is 1.36. The number of hydrogen-bond donors (Lipinski definition) is 0. The zero-order valence-electron chi connectivity index (χ0n) is 11.7. The molecular weight excluding hydrogens is 256 g/mol. The van der Waals surface area contributed by atoms with Gasteiger partial charge in [-0.25, -0.2) is 9.97 Å². The minimum atomic E-state index is 0.929. The van der Waals surface area contributed by atoms with Crippen LogP contribution in [0.1, 0.15) is 5.56 Å². The second kappa shape index (κ2) is 4.67. The molecule has 0 atom stereocenters. The van der Waals surface area contributed by atoms with Gasteiger partial charge in [0.25, 0.3) is 0 Å². The molecule has 0 fully saturated rings. The quantitative estimate of drug-likeness (QED) is 0.473. The van der Waals surface area contributed by atoms with Crippen LogP contribution in [0.25, 0.3) is 33.2 Å². The van der Waals surface area contributed by atoms with Crippen LogP contribution in [-0.2, 0) is 0 Å². The van der Waals surface area contributed by atoms with E-state index in [1.54, 1.807) is 0 Å². The van der Waals surface area contributed by atoms with Crippen LogP contribution in [-0.4, -0.2) is 9.97 Å². The third-order valence-corrected chi connectivity index (χ3v) is 3.72. The Kier molecular flexibility index (Phi) is 2.68. The average molecular weight is 269 g/mol. The molecule has 0 spiro atoms. The number of para-hydroxylation sites is 2. The van der Waals surface area contributed by atoms with Crippen molar-refractivity contribution in [3.63, 3.8) is 0 Å². The van der Waals surface area contributed by atoms with E-state index in [0.29, 0.717) is 0 Å². The maximum absolute atomic E-state index is 4.88. The molecule has 1 aromatic heterocycles. The van der Waals surface area contributed by atoms with Crippen LogP contribution in [0.2, 0.25) is 0 Å². The van der Waals surface area contributed by atoms with E-state index >= 15 is 0 Å². The number of benzene rings is 3. The van der Waals surface area contributed by atoms with Gasteiger partial charge in [-0.05, 0) is 36.2 Å². The van der Waals surface area contributed by atoms with E-state index in [2.05, 4.69) is 37.3 Å². The van der Waals surface area contributed by atoms with E-state index in [-0.39, 0.29) is 0 Å². The largest absolute Gasteiger partial charge is 0.244 e. The second-order valence-electron chi connectivity index (χ2n) is 5.13. The first-order valence-corrected chi connectivity index (χ1v) is 6.95. The van der Waals surface area contributed by atoms with Gasteiger partial charge in [-0.3, -0.25) is 0 Å². The van der Waals surface area contributed by atoms with Gasteiger partial charge in [0, 0.05) is 5.56 Å². The molecule has 0 aliphatic rings. The van der Waals surface area contributed by atoms with Gasteiger partial charge in [-0.1, -0.05) is 48.5 Å². The van der Waals surface area contributed by atoms with Crippen LogP contribution < -0.4 is 0 Å². The van der Waals surface area contributed by atoms with Gasteiger partial charge < -0.3 is 0 Å². The maximum atomic E-state index is 4.88. The van der Waals surface area contributed by atoms with Crippen LogP contribution in [0.15, 0.2) is 60.7 Å². The van der Waals surface area contributed by atoms with Crippen LogP contribution in [0.4, 0.5) is 0 Å². The summed E-state index contributed by atoms with van der Waals surface area (Å²) in [6.07, 6.45) is 0. The van der Waals surface area contributed by atoms with Crippen molar-refractivity contribution in [3.05, 3.63) is 72.3 Å². The molecule has 99 valence electrons. The first-order valence-electron chi connectivity index (χ1n) is 6.95. The molecule has 0 saturated heterocycles. The number of hydrogen-bond acceptors (Lipinski definition) is 2. The van der Waals surface area contributed by atoms with Crippen molar-refractivity contribution in [2.75, 3.05) is 0 Å². The number of fused-ring (bicyclic) bond motifs is 2. The average Bonchev–Trinajstić information content (AvgIpc) is 2.54. The van der Waals surface area contributed by atoms with Crippen molar-refractivity contribution in [2.24, 2.45) is 0 Å². The van der Waals surface area contributed by atoms with Gasteiger partial charge in [0.2, 0.25) is 0 Å². The highest BCUT2D eigenvalue weighted by Gasteiger charge is 2.08. The molecule has 0 unspecified atom stereocenters. The topological polar surface area (TPSA) is 25.8 Å². The molecule has 0 N–H and O–H groups in total. The summed E-state index contributed by atoms with van der Waals surface area (Å²) in [5, 5.41) is 0. The predicted molar refractivity (Wildman–Crippen MR) is 86.1 cm³/mol. The minimum Gasteiger partial charge on any atom is -0.244 e.